The van der Waals surface area contributed by atoms with E-state index >= 15 is 0 Å². The summed E-state index contributed by atoms with van der Waals surface area (Å²) in [4.78, 5) is 0.381. The average molecular weight is 346 g/mol. The molecule has 1 aromatic carbocycles. The Kier molecular flexibility index (Phi) is 4.58. The van der Waals surface area contributed by atoms with Crippen LogP contribution < -0.4 is 4.72 Å². The zero-order chi connectivity index (χ0) is 17.5. The van der Waals surface area contributed by atoms with Crippen molar-refractivity contribution in [2.24, 2.45) is 0 Å². The summed E-state index contributed by atoms with van der Waals surface area (Å²) in [6, 6.07) is 8.37. The normalized spacial score (nSPS) is 15.0. The van der Waals surface area contributed by atoms with Gasteiger partial charge in [0.15, 0.2) is 0 Å². The van der Waals surface area contributed by atoms with Crippen LogP contribution in [0.4, 0.5) is 0 Å². The van der Waals surface area contributed by atoms with Crippen LogP contribution in [0.15, 0.2) is 29.2 Å². The van der Waals surface area contributed by atoms with Crippen molar-refractivity contribution in [3.05, 3.63) is 52.3 Å². The molecule has 0 spiro atoms. The van der Waals surface area contributed by atoms with Crippen molar-refractivity contribution in [3.63, 3.8) is 0 Å². The second-order valence-electron chi connectivity index (χ2n) is 6.91. The predicted molar refractivity (Wildman–Crippen MR) is 97.0 cm³/mol. The first-order valence-corrected chi connectivity index (χ1v) is 10.0. The number of sulfonamides is 1. The van der Waals surface area contributed by atoms with Crippen molar-refractivity contribution < 1.29 is 8.42 Å². The number of nitrogens with one attached hydrogen (secondary N) is 1. The molecule has 0 radical (unpaired) electrons. The molecule has 1 N–H and O–H groups in total. The van der Waals surface area contributed by atoms with Gasteiger partial charge in [-0.1, -0.05) is 12.1 Å². The molecular weight excluding hydrogens is 320 g/mol. The molecule has 0 bridgehead atoms. The number of aryl methyl sites for hydroxylation is 3. The summed E-state index contributed by atoms with van der Waals surface area (Å²) in [5.74, 6) is 0. The van der Waals surface area contributed by atoms with Crippen LogP contribution in [0.3, 0.4) is 0 Å². The molecule has 0 saturated heterocycles. The van der Waals surface area contributed by atoms with Gasteiger partial charge in [-0.05, 0) is 75.8 Å². The Morgan fingerprint density at radius 3 is 2.50 bits per heavy atom. The molecule has 3 rings (SSSR count). The molecule has 24 heavy (non-hydrogen) atoms. The molecule has 0 aliphatic heterocycles. The van der Waals surface area contributed by atoms with E-state index in [1.165, 1.54) is 29.8 Å². The lowest BCUT2D eigenvalue weighted by Gasteiger charge is -2.11. The molecule has 1 aromatic heterocycles. The Hall–Kier alpha value is -1.59. The number of hydrogen-bond acceptors (Lipinski definition) is 2. The Bertz CT molecular complexity index is 862. The van der Waals surface area contributed by atoms with Gasteiger partial charge in [0.25, 0.3) is 0 Å². The lowest BCUT2D eigenvalue weighted by molar-refractivity contribution is 0.580. The molecule has 1 aliphatic carbocycles. The van der Waals surface area contributed by atoms with Gasteiger partial charge in [0, 0.05) is 24.0 Å². The maximum atomic E-state index is 12.6. The molecular formula is C19H26N2O2S. The molecule has 5 heteroatoms. The predicted octanol–water partition coefficient (Wildman–Crippen LogP) is 3.58. The molecule has 1 aliphatic rings. The van der Waals surface area contributed by atoms with Crippen LogP contribution in [0.5, 0.6) is 0 Å². The van der Waals surface area contributed by atoms with Crippen molar-refractivity contribution in [1.29, 1.82) is 0 Å². The first kappa shape index (κ1) is 17.2. The topological polar surface area (TPSA) is 51.1 Å². The first-order chi connectivity index (χ1) is 11.3. The molecule has 130 valence electrons. The molecule has 0 unspecified atom stereocenters. The zero-order valence-electron chi connectivity index (χ0n) is 14.9. The van der Waals surface area contributed by atoms with E-state index in [1.807, 2.05) is 26.0 Å². The average Bonchev–Trinajstić information content (AvgIpc) is 3.29. The third-order valence-corrected chi connectivity index (χ3v) is 6.42. The van der Waals surface area contributed by atoms with Crippen molar-refractivity contribution in [3.8, 4) is 0 Å². The molecule has 0 amide bonds. The van der Waals surface area contributed by atoms with Gasteiger partial charge in [-0.3, -0.25) is 0 Å². The molecule has 0 atom stereocenters. The van der Waals surface area contributed by atoms with Gasteiger partial charge in [0.1, 0.15) is 0 Å². The second kappa shape index (κ2) is 6.37. The van der Waals surface area contributed by atoms with Gasteiger partial charge in [-0.15, -0.1) is 0 Å². The SMILES string of the molecule is Cc1ccc(C)c(S(=O)(=O)NCCc2cc(C)n(C3CC3)c2C)c1. The minimum absolute atomic E-state index is 0.381. The Balaban J connectivity index is 1.70. The standard InChI is InChI=1S/C19H26N2O2S/c1-13-5-6-14(2)19(11-13)24(22,23)20-10-9-17-12-15(3)21(16(17)4)18-7-8-18/h5-6,11-12,18,20H,7-10H2,1-4H3. The smallest absolute Gasteiger partial charge is 0.240 e. The van der Waals surface area contributed by atoms with E-state index in [1.54, 1.807) is 6.07 Å². The van der Waals surface area contributed by atoms with Crippen molar-refractivity contribution in [1.82, 2.24) is 9.29 Å². The fraction of sp³-hybridized carbons (Fsp3) is 0.474. The van der Waals surface area contributed by atoms with Crippen molar-refractivity contribution in [2.75, 3.05) is 6.54 Å². The van der Waals surface area contributed by atoms with Gasteiger partial charge in [-0.25, -0.2) is 13.1 Å². The molecule has 4 nitrogen and oxygen atoms in total. The fourth-order valence-electron chi connectivity index (χ4n) is 3.39. The minimum atomic E-state index is -3.46. The highest BCUT2D eigenvalue weighted by molar-refractivity contribution is 7.89. The summed E-state index contributed by atoms with van der Waals surface area (Å²) in [6.45, 7) is 8.43. The Morgan fingerprint density at radius 2 is 1.83 bits per heavy atom. The maximum Gasteiger partial charge on any atom is 0.240 e. The van der Waals surface area contributed by atoms with E-state index in [0.717, 1.165) is 17.5 Å². The maximum absolute atomic E-state index is 12.6. The summed E-state index contributed by atoms with van der Waals surface area (Å²) in [7, 11) is -3.46. The largest absolute Gasteiger partial charge is 0.346 e. The molecule has 1 fully saturated rings. The molecule has 2 aromatic rings. The summed E-state index contributed by atoms with van der Waals surface area (Å²) in [5.41, 5.74) is 5.53. The number of nitrogens with zero attached hydrogens (tertiary/aromatic N) is 1. The summed E-state index contributed by atoms with van der Waals surface area (Å²) in [6.07, 6.45) is 3.24. The van der Waals surface area contributed by atoms with E-state index in [2.05, 4.69) is 29.2 Å². The summed E-state index contributed by atoms with van der Waals surface area (Å²) >= 11 is 0. The zero-order valence-corrected chi connectivity index (χ0v) is 15.7. The van der Waals surface area contributed by atoms with Crippen molar-refractivity contribution in [2.45, 2.75) is 57.9 Å². The van der Waals surface area contributed by atoms with Gasteiger partial charge >= 0.3 is 0 Å². The summed E-state index contributed by atoms with van der Waals surface area (Å²) < 4.78 is 30.3. The van der Waals surface area contributed by atoms with Crippen LogP contribution in [0, 0.1) is 27.7 Å². The molecule has 1 saturated carbocycles. The van der Waals surface area contributed by atoms with Gasteiger partial charge in [0.2, 0.25) is 10.0 Å². The highest BCUT2D eigenvalue weighted by Gasteiger charge is 2.27. The van der Waals surface area contributed by atoms with Gasteiger partial charge in [-0.2, -0.15) is 0 Å². The Morgan fingerprint density at radius 1 is 1.12 bits per heavy atom. The van der Waals surface area contributed by atoms with Crippen molar-refractivity contribution >= 4 is 10.0 Å². The van der Waals surface area contributed by atoms with Crippen LogP contribution in [0.25, 0.3) is 0 Å². The quantitative estimate of drug-likeness (QED) is 0.869. The van der Waals surface area contributed by atoms with Gasteiger partial charge in [0.05, 0.1) is 4.90 Å². The van der Waals surface area contributed by atoms with Crippen LogP contribution >= 0.6 is 0 Å². The fourth-order valence-corrected chi connectivity index (χ4v) is 4.75. The lowest BCUT2D eigenvalue weighted by atomic mass is 10.2. The summed E-state index contributed by atoms with van der Waals surface area (Å²) in [5, 5.41) is 0. The van der Waals surface area contributed by atoms with Crippen LogP contribution in [0.2, 0.25) is 0 Å². The minimum Gasteiger partial charge on any atom is -0.346 e. The third kappa shape index (κ3) is 3.42. The highest BCUT2D eigenvalue weighted by Crippen LogP contribution is 2.38. The van der Waals surface area contributed by atoms with E-state index in [4.69, 9.17) is 0 Å². The monoisotopic (exact) mass is 346 g/mol. The molecule has 1 heterocycles. The second-order valence-corrected chi connectivity index (χ2v) is 8.65. The van der Waals surface area contributed by atoms with E-state index in [-0.39, 0.29) is 0 Å². The lowest BCUT2D eigenvalue weighted by Crippen LogP contribution is -2.26. The Labute approximate surface area is 144 Å². The van der Waals surface area contributed by atoms with Crippen LogP contribution in [-0.4, -0.2) is 19.5 Å². The number of hydrogen-bond donors (Lipinski definition) is 1. The van der Waals surface area contributed by atoms with Gasteiger partial charge < -0.3 is 4.57 Å². The van der Waals surface area contributed by atoms with E-state index in [9.17, 15) is 8.42 Å². The number of rotatable bonds is 6. The number of benzene rings is 1. The van der Waals surface area contributed by atoms with E-state index in [0.29, 0.717) is 17.5 Å². The number of aromatic nitrogens is 1. The third-order valence-electron chi connectivity index (χ3n) is 4.82. The van der Waals surface area contributed by atoms with Crippen LogP contribution in [-0.2, 0) is 16.4 Å². The highest BCUT2D eigenvalue weighted by atomic mass is 32.2. The van der Waals surface area contributed by atoms with E-state index < -0.39 is 10.0 Å². The first-order valence-electron chi connectivity index (χ1n) is 8.54. The van der Waals surface area contributed by atoms with Crippen LogP contribution in [0.1, 0.15) is 47.0 Å².